The Labute approximate surface area is 102 Å². The molecule has 0 aliphatic rings. The van der Waals surface area contributed by atoms with E-state index in [1.54, 1.807) is 30.6 Å². The van der Waals surface area contributed by atoms with Crippen LogP contribution < -0.4 is 0 Å². The fourth-order valence-corrected chi connectivity index (χ4v) is 2.03. The number of hydrogen-bond donors (Lipinski definition) is 0. The second-order valence-corrected chi connectivity index (χ2v) is 4.09. The molecule has 4 heteroatoms. The summed E-state index contributed by atoms with van der Waals surface area (Å²) in [5, 5.41) is 11.3. The van der Waals surface area contributed by atoms with Crippen LogP contribution >= 0.6 is 11.6 Å². The predicted octanol–water partition coefficient (Wildman–Crippen LogP) is 3.31. The van der Waals surface area contributed by atoms with Gasteiger partial charge in [0, 0.05) is 28.2 Å². The predicted molar refractivity (Wildman–Crippen MR) is 66.8 cm³/mol. The summed E-state index contributed by atoms with van der Waals surface area (Å²) in [6.45, 7) is 0. The summed E-state index contributed by atoms with van der Waals surface area (Å²) in [4.78, 5) is 8.62. The zero-order valence-corrected chi connectivity index (χ0v) is 9.44. The summed E-state index contributed by atoms with van der Waals surface area (Å²) in [7, 11) is 0. The van der Waals surface area contributed by atoms with E-state index in [0.29, 0.717) is 10.6 Å². The van der Waals surface area contributed by atoms with Gasteiger partial charge in [-0.3, -0.25) is 9.97 Å². The molecule has 80 valence electrons. The first-order chi connectivity index (χ1) is 8.29. The molecule has 3 rings (SSSR count). The summed E-state index contributed by atoms with van der Waals surface area (Å²) >= 11 is 5.92. The van der Waals surface area contributed by atoms with Crippen LogP contribution in [0.2, 0.25) is 5.02 Å². The van der Waals surface area contributed by atoms with Crippen LogP contribution in [0.1, 0.15) is 5.56 Å². The van der Waals surface area contributed by atoms with Gasteiger partial charge >= 0.3 is 0 Å². The molecule has 0 saturated carbocycles. The summed E-state index contributed by atoms with van der Waals surface area (Å²) in [6.07, 6.45) is 3.30. The quantitative estimate of drug-likeness (QED) is 0.566. The third-order valence-electron chi connectivity index (χ3n) is 2.66. The van der Waals surface area contributed by atoms with Crippen molar-refractivity contribution in [2.24, 2.45) is 0 Å². The molecule has 0 aliphatic carbocycles. The molecule has 0 amide bonds. The van der Waals surface area contributed by atoms with Gasteiger partial charge in [0.2, 0.25) is 0 Å². The van der Waals surface area contributed by atoms with Gasteiger partial charge in [0.15, 0.2) is 0 Å². The normalized spacial score (nSPS) is 10.6. The van der Waals surface area contributed by atoms with Crippen LogP contribution in [-0.2, 0) is 0 Å². The molecule has 3 aromatic rings. The van der Waals surface area contributed by atoms with Crippen molar-refractivity contribution < 1.29 is 0 Å². The fraction of sp³-hybridized carbons (Fsp3) is 0. The first-order valence-electron chi connectivity index (χ1n) is 5.02. The van der Waals surface area contributed by atoms with Crippen LogP contribution in [0, 0.1) is 11.3 Å². The lowest BCUT2D eigenvalue weighted by Crippen LogP contribution is -1.88. The molecule has 2 aromatic heterocycles. The highest BCUT2D eigenvalue weighted by Gasteiger charge is 2.06. The largest absolute Gasteiger partial charge is 0.255 e. The van der Waals surface area contributed by atoms with Gasteiger partial charge in [-0.05, 0) is 24.3 Å². The first kappa shape index (κ1) is 10.0. The molecule has 1 aromatic carbocycles. The van der Waals surface area contributed by atoms with E-state index in [-0.39, 0.29) is 0 Å². The van der Waals surface area contributed by atoms with Crippen molar-refractivity contribution in [2.75, 3.05) is 0 Å². The maximum absolute atomic E-state index is 9.03. The fourth-order valence-electron chi connectivity index (χ4n) is 1.86. The molecule has 3 nitrogen and oxygen atoms in total. The van der Waals surface area contributed by atoms with E-state index in [1.807, 2.05) is 6.07 Å². The number of nitrogens with zero attached hydrogens (tertiary/aromatic N) is 3. The number of pyridine rings is 2. The second-order valence-electron chi connectivity index (χ2n) is 3.65. The van der Waals surface area contributed by atoms with Gasteiger partial charge in [-0.2, -0.15) is 5.26 Å². The Kier molecular flexibility index (Phi) is 2.17. The van der Waals surface area contributed by atoms with Crippen LogP contribution in [0.15, 0.2) is 36.7 Å². The molecule has 0 spiro atoms. The van der Waals surface area contributed by atoms with Crippen molar-refractivity contribution in [3.05, 3.63) is 47.2 Å². The van der Waals surface area contributed by atoms with E-state index in [0.717, 1.165) is 21.8 Å². The Morgan fingerprint density at radius 3 is 2.82 bits per heavy atom. The average Bonchev–Trinajstić information content (AvgIpc) is 2.37. The Balaban J connectivity index is 2.54. The molecule has 0 N–H and O–H groups in total. The Morgan fingerprint density at radius 1 is 1.12 bits per heavy atom. The molecule has 17 heavy (non-hydrogen) atoms. The minimum Gasteiger partial charge on any atom is -0.255 e. The molecular weight excluding hydrogens is 234 g/mol. The SMILES string of the molecule is N#Cc1ccnc2c1cnc1cc(Cl)ccc12. The summed E-state index contributed by atoms with van der Waals surface area (Å²) in [5.74, 6) is 0. The Hall–Kier alpha value is -2.18. The zero-order chi connectivity index (χ0) is 11.8. The van der Waals surface area contributed by atoms with Crippen molar-refractivity contribution in [1.82, 2.24) is 9.97 Å². The first-order valence-corrected chi connectivity index (χ1v) is 5.40. The van der Waals surface area contributed by atoms with Gasteiger partial charge in [0.1, 0.15) is 0 Å². The third-order valence-corrected chi connectivity index (χ3v) is 2.89. The molecule has 0 radical (unpaired) electrons. The molecule has 0 bridgehead atoms. The molecule has 0 unspecified atom stereocenters. The smallest absolute Gasteiger partial charge is 0.0999 e. The maximum atomic E-state index is 9.03. The average molecular weight is 240 g/mol. The van der Waals surface area contributed by atoms with Crippen molar-refractivity contribution in [2.45, 2.75) is 0 Å². The van der Waals surface area contributed by atoms with Crippen molar-refractivity contribution >= 4 is 33.4 Å². The highest BCUT2D eigenvalue weighted by atomic mass is 35.5. The number of fused-ring (bicyclic) bond motifs is 3. The molecular formula is C13H6ClN3. The van der Waals surface area contributed by atoms with Crippen LogP contribution in [0.5, 0.6) is 0 Å². The minimum atomic E-state index is 0.583. The molecule has 0 saturated heterocycles. The van der Waals surface area contributed by atoms with E-state index in [1.165, 1.54) is 0 Å². The number of aromatic nitrogens is 2. The Morgan fingerprint density at radius 2 is 2.00 bits per heavy atom. The standard InChI is InChI=1S/C13H6ClN3/c14-9-1-2-10-12(5-9)17-7-11-8(6-15)3-4-16-13(10)11/h1-5,7H. The van der Waals surface area contributed by atoms with E-state index >= 15 is 0 Å². The molecule has 0 fully saturated rings. The lowest BCUT2D eigenvalue weighted by Gasteiger charge is -2.03. The maximum Gasteiger partial charge on any atom is 0.0999 e. The van der Waals surface area contributed by atoms with Crippen molar-refractivity contribution in [3.63, 3.8) is 0 Å². The Bertz CT molecular complexity index is 775. The van der Waals surface area contributed by atoms with Crippen molar-refractivity contribution in [1.29, 1.82) is 5.26 Å². The lowest BCUT2D eigenvalue weighted by atomic mass is 10.1. The molecule has 2 heterocycles. The van der Waals surface area contributed by atoms with Crippen molar-refractivity contribution in [3.8, 4) is 6.07 Å². The summed E-state index contributed by atoms with van der Waals surface area (Å²) in [6, 6.07) is 9.29. The highest BCUT2D eigenvalue weighted by molar-refractivity contribution is 6.31. The van der Waals surface area contributed by atoms with Crippen LogP contribution in [0.25, 0.3) is 21.8 Å². The molecule has 0 aliphatic heterocycles. The van der Waals surface area contributed by atoms with E-state index in [9.17, 15) is 0 Å². The van der Waals surface area contributed by atoms with Crippen LogP contribution in [0.4, 0.5) is 0 Å². The lowest BCUT2D eigenvalue weighted by molar-refractivity contribution is 1.37. The monoisotopic (exact) mass is 239 g/mol. The zero-order valence-electron chi connectivity index (χ0n) is 8.68. The number of benzene rings is 1. The van der Waals surface area contributed by atoms with Crippen LogP contribution in [-0.4, -0.2) is 9.97 Å². The summed E-state index contributed by atoms with van der Waals surface area (Å²) < 4.78 is 0. The minimum absolute atomic E-state index is 0.583. The van der Waals surface area contributed by atoms with Gasteiger partial charge in [0.05, 0.1) is 22.7 Å². The number of hydrogen-bond acceptors (Lipinski definition) is 3. The van der Waals surface area contributed by atoms with Gasteiger partial charge in [0.25, 0.3) is 0 Å². The van der Waals surface area contributed by atoms with E-state index in [2.05, 4.69) is 16.0 Å². The van der Waals surface area contributed by atoms with Crippen LogP contribution in [0.3, 0.4) is 0 Å². The number of nitriles is 1. The van der Waals surface area contributed by atoms with E-state index < -0.39 is 0 Å². The van der Waals surface area contributed by atoms with Gasteiger partial charge in [-0.1, -0.05) is 11.6 Å². The second kappa shape index (κ2) is 3.69. The van der Waals surface area contributed by atoms with Gasteiger partial charge < -0.3 is 0 Å². The van der Waals surface area contributed by atoms with E-state index in [4.69, 9.17) is 16.9 Å². The number of rotatable bonds is 0. The number of halogens is 1. The van der Waals surface area contributed by atoms with Gasteiger partial charge in [-0.25, -0.2) is 0 Å². The van der Waals surface area contributed by atoms with Gasteiger partial charge in [-0.15, -0.1) is 0 Å². The summed E-state index contributed by atoms with van der Waals surface area (Å²) in [5.41, 5.74) is 2.15. The molecule has 0 atom stereocenters. The highest BCUT2D eigenvalue weighted by Crippen LogP contribution is 2.25. The topological polar surface area (TPSA) is 49.6 Å². The third kappa shape index (κ3) is 1.50.